The monoisotopic (exact) mass is 263 g/mol. The number of carbonyl (C=O) groups is 1. The van der Waals surface area contributed by atoms with Gasteiger partial charge in [-0.2, -0.15) is 0 Å². The van der Waals surface area contributed by atoms with Crippen LogP contribution in [-0.2, 0) is 11.2 Å². The van der Waals surface area contributed by atoms with Crippen LogP contribution in [0, 0.1) is 0 Å². The molecule has 6 heteroatoms. The van der Waals surface area contributed by atoms with Crippen molar-refractivity contribution in [3.05, 3.63) is 11.9 Å². The zero-order valence-electron chi connectivity index (χ0n) is 11.7. The Kier molecular flexibility index (Phi) is 4.19. The van der Waals surface area contributed by atoms with Gasteiger partial charge < -0.3 is 15.5 Å². The lowest BCUT2D eigenvalue weighted by molar-refractivity contribution is -0.121. The number of hydrogen-bond donors (Lipinski definition) is 2. The van der Waals surface area contributed by atoms with Gasteiger partial charge in [0, 0.05) is 26.2 Å². The first-order valence-electron chi connectivity index (χ1n) is 6.72. The van der Waals surface area contributed by atoms with Crippen molar-refractivity contribution < 1.29 is 4.79 Å². The summed E-state index contributed by atoms with van der Waals surface area (Å²) in [6.45, 7) is 2.94. The average molecular weight is 263 g/mol. The van der Waals surface area contributed by atoms with Gasteiger partial charge in [-0.3, -0.25) is 4.79 Å². The Morgan fingerprint density at radius 1 is 1.47 bits per heavy atom. The number of amides is 1. The van der Waals surface area contributed by atoms with Crippen molar-refractivity contribution in [1.82, 2.24) is 15.3 Å². The Balaban J connectivity index is 2.38. The van der Waals surface area contributed by atoms with E-state index in [4.69, 9.17) is 0 Å². The van der Waals surface area contributed by atoms with Crippen molar-refractivity contribution >= 4 is 17.5 Å². The lowest BCUT2D eigenvalue weighted by atomic mass is 10.1. The Bertz CT molecular complexity index is 462. The van der Waals surface area contributed by atoms with Crippen molar-refractivity contribution in [2.45, 2.75) is 32.2 Å². The summed E-state index contributed by atoms with van der Waals surface area (Å²) in [6.07, 6.45) is 4.28. The minimum atomic E-state index is -0.116. The molecule has 1 aromatic rings. The third kappa shape index (κ3) is 2.47. The second kappa shape index (κ2) is 5.86. The molecule has 0 aliphatic carbocycles. The van der Waals surface area contributed by atoms with Crippen LogP contribution in [0.15, 0.2) is 6.33 Å². The van der Waals surface area contributed by atoms with Crippen LogP contribution < -0.4 is 15.5 Å². The molecule has 0 bridgehead atoms. The molecule has 2 heterocycles. The standard InChI is InChI=1S/C13H21N5O/c1-4-9-11(14-2)16-8-17-12(9)18-7-5-6-10(18)13(19)15-3/h8,10H,4-7H2,1-3H3,(H,15,19)(H,14,16,17). The molecular weight excluding hydrogens is 242 g/mol. The van der Waals surface area contributed by atoms with Gasteiger partial charge in [0.05, 0.1) is 0 Å². The molecule has 19 heavy (non-hydrogen) atoms. The summed E-state index contributed by atoms with van der Waals surface area (Å²) in [7, 11) is 3.53. The molecule has 2 rings (SSSR count). The number of nitrogens with one attached hydrogen (secondary N) is 2. The van der Waals surface area contributed by atoms with E-state index in [-0.39, 0.29) is 11.9 Å². The molecule has 1 saturated heterocycles. The lowest BCUT2D eigenvalue weighted by Gasteiger charge is -2.26. The summed E-state index contributed by atoms with van der Waals surface area (Å²) >= 11 is 0. The fraction of sp³-hybridized carbons (Fsp3) is 0.615. The largest absolute Gasteiger partial charge is 0.373 e. The smallest absolute Gasteiger partial charge is 0.242 e. The third-order valence-electron chi connectivity index (χ3n) is 3.59. The molecule has 2 N–H and O–H groups in total. The van der Waals surface area contributed by atoms with Gasteiger partial charge in [0.2, 0.25) is 5.91 Å². The van der Waals surface area contributed by atoms with Gasteiger partial charge >= 0.3 is 0 Å². The summed E-state index contributed by atoms with van der Waals surface area (Å²) in [6, 6.07) is -0.116. The number of aromatic nitrogens is 2. The molecule has 6 nitrogen and oxygen atoms in total. The highest BCUT2D eigenvalue weighted by atomic mass is 16.2. The second-order valence-electron chi connectivity index (χ2n) is 4.59. The van der Waals surface area contributed by atoms with Crippen molar-refractivity contribution in [3.63, 3.8) is 0 Å². The minimum absolute atomic E-state index is 0.0594. The number of hydrogen-bond acceptors (Lipinski definition) is 5. The molecule has 1 aromatic heterocycles. The molecule has 1 fully saturated rings. The van der Waals surface area contributed by atoms with Gasteiger partial charge in [0.1, 0.15) is 24.0 Å². The zero-order chi connectivity index (χ0) is 13.8. The van der Waals surface area contributed by atoms with Crippen molar-refractivity contribution in [3.8, 4) is 0 Å². The maximum Gasteiger partial charge on any atom is 0.242 e. The maximum atomic E-state index is 11.9. The predicted octanol–water partition coefficient (Wildman–Crippen LogP) is 0.795. The minimum Gasteiger partial charge on any atom is -0.373 e. The number of nitrogens with zero attached hydrogens (tertiary/aromatic N) is 3. The molecule has 1 aliphatic heterocycles. The van der Waals surface area contributed by atoms with Crippen LogP contribution in [0.25, 0.3) is 0 Å². The fourth-order valence-corrected chi connectivity index (χ4v) is 2.65. The van der Waals surface area contributed by atoms with E-state index in [1.54, 1.807) is 13.4 Å². The SMILES string of the molecule is CCc1c(NC)ncnc1N1CCCC1C(=O)NC. The number of anilines is 2. The third-order valence-corrected chi connectivity index (χ3v) is 3.59. The molecule has 1 unspecified atom stereocenters. The quantitative estimate of drug-likeness (QED) is 0.840. The van der Waals surface area contributed by atoms with Crippen molar-refractivity contribution in [2.75, 3.05) is 30.9 Å². The topological polar surface area (TPSA) is 70.2 Å². The van der Waals surface area contributed by atoms with Crippen LogP contribution >= 0.6 is 0 Å². The average Bonchev–Trinajstić information content (AvgIpc) is 2.94. The van der Waals surface area contributed by atoms with Crippen molar-refractivity contribution in [2.24, 2.45) is 0 Å². The van der Waals surface area contributed by atoms with Gasteiger partial charge in [0.15, 0.2) is 0 Å². The molecule has 1 atom stereocenters. The van der Waals surface area contributed by atoms with E-state index in [0.717, 1.165) is 43.0 Å². The Morgan fingerprint density at radius 2 is 2.26 bits per heavy atom. The first-order chi connectivity index (χ1) is 9.22. The van der Waals surface area contributed by atoms with Crippen LogP contribution in [-0.4, -0.2) is 42.6 Å². The van der Waals surface area contributed by atoms with Gasteiger partial charge in [-0.15, -0.1) is 0 Å². The normalized spacial score (nSPS) is 18.5. The first kappa shape index (κ1) is 13.6. The van der Waals surface area contributed by atoms with Crippen LogP contribution in [0.2, 0.25) is 0 Å². The fourth-order valence-electron chi connectivity index (χ4n) is 2.65. The van der Waals surface area contributed by atoms with Crippen LogP contribution in [0.5, 0.6) is 0 Å². The molecule has 1 aliphatic rings. The molecule has 0 saturated carbocycles. The molecule has 0 spiro atoms. The van der Waals surface area contributed by atoms with Crippen LogP contribution in [0.3, 0.4) is 0 Å². The van der Waals surface area contributed by atoms with E-state index in [0.29, 0.717) is 0 Å². The van der Waals surface area contributed by atoms with Gasteiger partial charge in [-0.25, -0.2) is 9.97 Å². The van der Waals surface area contributed by atoms with E-state index >= 15 is 0 Å². The summed E-state index contributed by atoms with van der Waals surface area (Å²) in [5.41, 5.74) is 1.07. The summed E-state index contributed by atoms with van der Waals surface area (Å²) in [4.78, 5) is 22.7. The number of rotatable bonds is 4. The van der Waals surface area contributed by atoms with Gasteiger partial charge in [-0.1, -0.05) is 6.92 Å². The molecule has 0 radical (unpaired) electrons. The van der Waals surface area contributed by atoms with Crippen molar-refractivity contribution in [1.29, 1.82) is 0 Å². The molecule has 1 amide bonds. The first-order valence-corrected chi connectivity index (χ1v) is 6.72. The van der Waals surface area contributed by atoms with Gasteiger partial charge in [-0.05, 0) is 19.3 Å². The second-order valence-corrected chi connectivity index (χ2v) is 4.59. The maximum absolute atomic E-state index is 11.9. The lowest BCUT2D eigenvalue weighted by Crippen LogP contribution is -2.42. The molecule has 0 aromatic carbocycles. The highest BCUT2D eigenvalue weighted by Gasteiger charge is 2.32. The molecule has 104 valence electrons. The zero-order valence-corrected chi connectivity index (χ0v) is 11.7. The van der Waals surface area contributed by atoms with E-state index in [1.807, 2.05) is 7.05 Å². The summed E-state index contributed by atoms with van der Waals surface area (Å²) in [5, 5.41) is 5.82. The number of carbonyl (C=O) groups excluding carboxylic acids is 1. The Morgan fingerprint density at radius 3 is 2.89 bits per heavy atom. The number of likely N-dealkylation sites (N-methyl/N-ethyl adjacent to an activating group) is 1. The van der Waals surface area contributed by atoms with Crippen LogP contribution in [0.4, 0.5) is 11.6 Å². The molecular formula is C13H21N5O. The van der Waals surface area contributed by atoms with Crippen LogP contribution in [0.1, 0.15) is 25.3 Å². The summed E-state index contributed by atoms with van der Waals surface area (Å²) < 4.78 is 0. The van der Waals surface area contributed by atoms with Gasteiger partial charge in [0.25, 0.3) is 0 Å². The Hall–Kier alpha value is -1.85. The predicted molar refractivity (Wildman–Crippen MR) is 75.4 cm³/mol. The van der Waals surface area contributed by atoms with E-state index in [9.17, 15) is 4.79 Å². The Labute approximate surface area is 113 Å². The highest BCUT2D eigenvalue weighted by Crippen LogP contribution is 2.30. The van der Waals surface area contributed by atoms with E-state index in [1.165, 1.54) is 0 Å². The summed E-state index contributed by atoms with van der Waals surface area (Å²) in [5.74, 6) is 1.78. The van der Waals surface area contributed by atoms with E-state index in [2.05, 4.69) is 32.4 Å². The van der Waals surface area contributed by atoms with E-state index < -0.39 is 0 Å². The highest BCUT2D eigenvalue weighted by molar-refractivity contribution is 5.85.